The first kappa shape index (κ1) is 13.7. The molecule has 19 heavy (non-hydrogen) atoms. The van der Waals surface area contributed by atoms with Crippen molar-refractivity contribution in [3.05, 3.63) is 28.2 Å². The standard InChI is InChI=1S/C13H19N3O3/c1-16-12(18)7-6-10(15-16)13(19)14-8-9-4-2-3-5-11(9)17/h6-7,9,11,17H,2-5,8H2,1H3,(H,14,19). The first-order valence-corrected chi connectivity index (χ1v) is 6.58. The Hall–Kier alpha value is -1.69. The Labute approximate surface area is 111 Å². The Morgan fingerprint density at radius 2 is 2.21 bits per heavy atom. The molecule has 6 heteroatoms. The van der Waals surface area contributed by atoms with E-state index in [-0.39, 0.29) is 29.2 Å². The molecule has 1 aliphatic rings. The van der Waals surface area contributed by atoms with Gasteiger partial charge in [0.15, 0.2) is 0 Å². The van der Waals surface area contributed by atoms with Crippen LogP contribution in [0.4, 0.5) is 0 Å². The maximum Gasteiger partial charge on any atom is 0.271 e. The largest absolute Gasteiger partial charge is 0.393 e. The highest BCUT2D eigenvalue weighted by atomic mass is 16.3. The molecule has 2 rings (SSSR count). The van der Waals surface area contributed by atoms with E-state index in [2.05, 4.69) is 10.4 Å². The van der Waals surface area contributed by atoms with Gasteiger partial charge in [-0.3, -0.25) is 9.59 Å². The van der Waals surface area contributed by atoms with Crippen molar-refractivity contribution in [1.82, 2.24) is 15.1 Å². The first-order chi connectivity index (χ1) is 9.08. The van der Waals surface area contributed by atoms with E-state index < -0.39 is 0 Å². The van der Waals surface area contributed by atoms with Crippen LogP contribution in [0, 0.1) is 5.92 Å². The summed E-state index contributed by atoms with van der Waals surface area (Å²) in [5.41, 5.74) is -0.0355. The van der Waals surface area contributed by atoms with E-state index in [0.29, 0.717) is 6.54 Å². The lowest BCUT2D eigenvalue weighted by atomic mass is 9.86. The number of rotatable bonds is 3. The molecule has 2 N–H and O–H groups in total. The summed E-state index contributed by atoms with van der Waals surface area (Å²) in [6.07, 6.45) is 3.55. The van der Waals surface area contributed by atoms with Gasteiger partial charge in [-0.15, -0.1) is 0 Å². The zero-order valence-electron chi connectivity index (χ0n) is 11.0. The van der Waals surface area contributed by atoms with Crippen molar-refractivity contribution in [2.75, 3.05) is 6.54 Å². The monoisotopic (exact) mass is 265 g/mol. The molecule has 2 atom stereocenters. The molecule has 0 radical (unpaired) electrons. The summed E-state index contributed by atoms with van der Waals surface area (Å²) >= 11 is 0. The summed E-state index contributed by atoms with van der Waals surface area (Å²) in [5, 5.41) is 16.5. The maximum absolute atomic E-state index is 11.9. The number of carbonyl (C=O) groups is 1. The van der Waals surface area contributed by atoms with E-state index in [1.165, 1.54) is 19.2 Å². The van der Waals surface area contributed by atoms with Crippen molar-refractivity contribution < 1.29 is 9.90 Å². The van der Waals surface area contributed by atoms with Crippen molar-refractivity contribution in [3.8, 4) is 0 Å². The molecule has 1 aromatic rings. The number of aromatic nitrogens is 2. The number of aliphatic hydroxyl groups excluding tert-OH is 1. The van der Waals surface area contributed by atoms with E-state index in [1.807, 2.05) is 0 Å². The predicted molar refractivity (Wildman–Crippen MR) is 69.8 cm³/mol. The molecule has 1 amide bonds. The number of amides is 1. The third kappa shape index (κ3) is 3.41. The van der Waals surface area contributed by atoms with Gasteiger partial charge >= 0.3 is 0 Å². The Morgan fingerprint density at radius 3 is 2.89 bits per heavy atom. The zero-order valence-corrected chi connectivity index (χ0v) is 11.0. The fourth-order valence-electron chi connectivity index (χ4n) is 2.36. The molecule has 0 bridgehead atoms. The summed E-state index contributed by atoms with van der Waals surface area (Å²) in [7, 11) is 1.50. The molecule has 0 aromatic carbocycles. The van der Waals surface area contributed by atoms with Gasteiger partial charge in [0.1, 0.15) is 5.69 Å². The molecular weight excluding hydrogens is 246 g/mol. The van der Waals surface area contributed by atoms with Crippen LogP contribution in [-0.4, -0.2) is 33.4 Å². The maximum atomic E-state index is 11.9. The third-order valence-electron chi connectivity index (χ3n) is 3.59. The van der Waals surface area contributed by atoms with Gasteiger partial charge in [0.25, 0.3) is 11.5 Å². The van der Waals surface area contributed by atoms with Crippen LogP contribution in [0.15, 0.2) is 16.9 Å². The number of hydrogen-bond donors (Lipinski definition) is 2. The Balaban J connectivity index is 1.93. The van der Waals surface area contributed by atoms with Crippen molar-refractivity contribution in [3.63, 3.8) is 0 Å². The van der Waals surface area contributed by atoms with E-state index in [1.54, 1.807) is 0 Å². The molecular formula is C13H19N3O3. The number of nitrogens with one attached hydrogen (secondary N) is 1. The number of carbonyl (C=O) groups excluding carboxylic acids is 1. The Morgan fingerprint density at radius 1 is 1.47 bits per heavy atom. The minimum atomic E-state index is -0.331. The molecule has 1 aliphatic carbocycles. The quantitative estimate of drug-likeness (QED) is 0.809. The van der Waals surface area contributed by atoms with Crippen LogP contribution in [-0.2, 0) is 7.05 Å². The van der Waals surface area contributed by atoms with Gasteiger partial charge in [-0.2, -0.15) is 5.10 Å². The fraction of sp³-hybridized carbons (Fsp3) is 0.615. The molecule has 1 fully saturated rings. The minimum absolute atomic E-state index is 0.116. The number of hydrogen-bond acceptors (Lipinski definition) is 4. The number of aliphatic hydroxyl groups is 1. The second-order valence-corrected chi connectivity index (χ2v) is 5.00. The van der Waals surface area contributed by atoms with Crippen LogP contribution in [0.1, 0.15) is 36.2 Å². The highest BCUT2D eigenvalue weighted by Crippen LogP contribution is 2.23. The van der Waals surface area contributed by atoms with Crippen LogP contribution in [0.3, 0.4) is 0 Å². The summed E-state index contributed by atoms with van der Waals surface area (Å²) in [5.74, 6) is -0.196. The molecule has 1 aromatic heterocycles. The predicted octanol–water partition coefficient (Wildman–Crippen LogP) is 0.0612. The Kier molecular flexibility index (Phi) is 4.31. The van der Waals surface area contributed by atoms with Crippen LogP contribution in [0.25, 0.3) is 0 Å². The molecule has 2 unspecified atom stereocenters. The minimum Gasteiger partial charge on any atom is -0.393 e. The van der Waals surface area contributed by atoms with Gasteiger partial charge in [0.2, 0.25) is 0 Å². The van der Waals surface area contributed by atoms with E-state index in [4.69, 9.17) is 0 Å². The topological polar surface area (TPSA) is 84.2 Å². The van der Waals surface area contributed by atoms with Crippen molar-refractivity contribution in [2.45, 2.75) is 31.8 Å². The lowest BCUT2D eigenvalue weighted by Crippen LogP contribution is -2.37. The molecule has 0 aliphatic heterocycles. The average Bonchev–Trinajstić information content (AvgIpc) is 2.40. The van der Waals surface area contributed by atoms with Crippen LogP contribution in [0.5, 0.6) is 0 Å². The molecule has 0 spiro atoms. The fourth-order valence-corrected chi connectivity index (χ4v) is 2.36. The van der Waals surface area contributed by atoms with Gasteiger partial charge in [-0.1, -0.05) is 12.8 Å². The lowest BCUT2D eigenvalue weighted by molar-refractivity contribution is 0.0661. The van der Waals surface area contributed by atoms with Gasteiger partial charge in [-0.25, -0.2) is 4.68 Å². The van der Waals surface area contributed by atoms with Crippen molar-refractivity contribution in [1.29, 1.82) is 0 Å². The third-order valence-corrected chi connectivity index (χ3v) is 3.59. The van der Waals surface area contributed by atoms with Crippen LogP contribution < -0.4 is 10.9 Å². The Bertz CT molecular complexity index is 512. The van der Waals surface area contributed by atoms with E-state index in [9.17, 15) is 14.7 Å². The smallest absolute Gasteiger partial charge is 0.271 e. The number of aryl methyl sites for hydroxylation is 1. The van der Waals surface area contributed by atoms with E-state index in [0.717, 1.165) is 30.4 Å². The normalized spacial score (nSPS) is 23.1. The second kappa shape index (κ2) is 5.97. The molecule has 1 saturated carbocycles. The summed E-state index contributed by atoms with van der Waals surface area (Å²) in [6, 6.07) is 2.73. The van der Waals surface area contributed by atoms with Crippen LogP contribution in [0.2, 0.25) is 0 Å². The van der Waals surface area contributed by atoms with Crippen LogP contribution >= 0.6 is 0 Å². The molecule has 6 nitrogen and oxygen atoms in total. The molecule has 104 valence electrons. The summed E-state index contributed by atoms with van der Waals surface area (Å²) < 4.78 is 1.13. The van der Waals surface area contributed by atoms with Gasteiger partial charge in [-0.05, 0) is 18.9 Å². The van der Waals surface area contributed by atoms with E-state index >= 15 is 0 Å². The zero-order chi connectivity index (χ0) is 13.8. The molecule has 0 saturated heterocycles. The van der Waals surface area contributed by atoms with Gasteiger partial charge in [0, 0.05) is 25.6 Å². The lowest BCUT2D eigenvalue weighted by Gasteiger charge is -2.27. The average molecular weight is 265 g/mol. The molecule has 1 heterocycles. The first-order valence-electron chi connectivity index (χ1n) is 6.58. The SMILES string of the molecule is Cn1nc(C(=O)NCC2CCCCC2O)ccc1=O. The number of nitrogens with zero attached hydrogens (tertiary/aromatic N) is 2. The van der Waals surface area contributed by atoms with Gasteiger partial charge < -0.3 is 10.4 Å². The second-order valence-electron chi connectivity index (χ2n) is 5.00. The van der Waals surface area contributed by atoms with Gasteiger partial charge in [0.05, 0.1) is 6.10 Å². The highest BCUT2D eigenvalue weighted by molar-refractivity contribution is 5.91. The van der Waals surface area contributed by atoms with Crippen molar-refractivity contribution >= 4 is 5.91 Å². The van der Waals surface area contributed by atoms with Crippen molar-refractivity contribution in [2.24, 2.45) is 13.0 Å². The summed E-state index contributed by atoms with van der Waals surface area (Å²) in [6.45, 7) is 0.449. The summed E-state index contributed by atoms with van der Waals surface area (Å²) in [4.78, 5) is 23.1. The highest BCUT2D eigenvalue weighted by Gasteiger charge is 2.23.